The van der Waals surface area contributed by atoms with E-state index in [1.54, 1.807) is 24.3 Å². The third kappa shape index (κ3) is 5.84. The Labute approximate surface area is 168 Å². The summed E-state index contributed by atoms with van der Waals surface area (Å²) >= 11 is 0. The van der Waals surface area contributed by atoms with E-state index >= 15 is 0 Å². The molecule has 0 aliphatic carbocycles. The van der Waals surface area contributed by atoms with Gasteiger partial charge in [0, 0.05) is 6.54 Å². The summed E-state index contributed by atoms with van der Waals surface area (Å²) in [6, 6.07) is 16.8. The molecular formula is C22H20N2O5. The first-order valence-electron chi connectivity index (χ1n) is 9.15. The van der Waals surface area contributed by atoms with Crippen LogP contribution in [0.4, 0.5) is 0 Å². The van der Waals surface area contributed by atoms with E-state index in [4.69, 9.17) is 14.2 Å². The average molecular weight is 392 g/mol. The first kappa shape index (κ1) is 20.0. The minimum atomic E-state index is -0.857. The molecule has 7 heteroatoms. The number of benzene rings is 2. The third-order valence-electron chi connectivity index (χ3n) is 4.19. The van der Waals surface area contributed by atoms with Crippen LogP contribution < -0.4 is 14.8 Å². The SMILES string of the molecule is N#C/C(=C/c1ccc2c(c1)OCO2)C(=O)OCC(=O)NCCCc1ccccc1. The van der Waals surface area contributed by atoms with Gasteiger partial charge in [-0.1, -0.05) is 36.4 Å². The molecule has 0 radical (unpaired) electrons. The van der Waals surface area contributed by atoms with Gasteiger partial charge >= 0.3 is 5.97 Å². The van der Waals surface area contributed by atoms with Crippen LogP contribution in [0.3, 0.4) is 0 Å². The van der Waals surface area contributed by atoms with Crippen molar-refractivity contribution in [1.29, 1.82) is 5.26 Å². The Bertz CT molecular complexity index is 947. The maximum absolute atomic E-state index is 12.1. The predicted molar refractivity (Wildman–Crippen MR) is 105 cm³/mol. The van der Waals surface area contributed by atoms with E-state index < -0.39 is 18.5 Å². The molecule has 0 atom stereocenters. The van der Waals surface area contributed by atoms with E-state index in [2.05, 4.69) is 5.32 Å². The molecule has 1 aliphatic rings. The number of hydrogen-bond donors (Lipinski definition) is 1. The van der Waals surface area contributed by atoms with E-state index in [9.17, 15) is 14.9 Å². The quantitative estimate of drug-likeness (QED) is 0.321. The zero-order valence-electron chi connectivity index (χ0n) is 15.7. The number of carbonyl (C=O) groups is 2. The highest BCUT2D eigenvalue weighted by Gasteiger charge is 2.16. The number of rotatable bonds is 8. The predicted octanol–water partition coefficient (Wildman–Crippen LogP) is 2.61. The van der Waals surface area contributed by atoms with Gasteiger partial charge in [-0.25, -0.2) is 4.79 Å². The number of nitrogens with one attached hydrogen (secondary N) is 1. The molecule has 0 fully saturated rings. The van der Waals surface area contributed by atoms with Gasteiger partial charge in [0.2, 0.25) is 6.79 Å². The van der Waals surface area contributed by atoms with E-state index in [-0.39, 0.29) is 12.4 Å². The van der Waals surface area contributed by atoms with Gasteiger partial charge in [-0.05, 0) is 42.2 Å². The number of amides is 1. The highest BCUT2D eigenvalue weighted by atomic mass is 16.7. The second-order valence-electron chi connectivity index (χ2n) is 6.30. The van der Waals surface area contributed by atoms with Gasteiger partial charge in [0.25, 0.3) is 5.91 Å². The number of aryl methyl sites for hydroxylation is 1. The number of ether oxygens (including phenoxy) is 3. The Morgan fingerprint density at radius 1 is 1.14 bits per heavy atom. The summed E-state index contributed by atoms with van der Waals surface area (Å²) in [5, 5.41) is 11.9. The molecule has 2 aromatic rings. The maximum Gasteiger partial charge on any atom is 0.349 e. The van der Waals surface area contributed by atoms with Gasteiger partial charge in [-0.15, -0.1) is 0 Å². The molecule has 29 heavy (non-hydrogen) atoms. The Morgan fingerprint density at radius 3 is 2.72 bits per heavy atom. The van der Waals surface area contributed by atoms with Crippen molar-refractivity contribution in [2.75, 3.05) is 19.9 Å². The van der Waals surface area contributed by atoms with E-state index in [1.165, 1.54) is 11.6 Å². The van der Waals surface area contributed by atoms with Gasteiger partial charge in [-0.3, -0.25) is 4.79 Å². The van der Waals surface area contributed by atoms with Crippen molar-refractivity contribution in [2.24, 2.45) is 0 Å². The molecule has 1 N–H and O–H groups in total. The average Bonchev–Trinajstić information content (AvgIpc) is 3.22. The maximum atomic E-state index is 12.1. The first-order valence-corrected chi connectivity index (χ1v) is 9.15. The molecule has 0 spiro atoms. The molecule has 3 rings (SSSR count). The van der Waals surface area contributed by atoms with Crippen molar-refractivity contribution in [1.82, 2.24) is 5.32 Å². The highest BCUT2D eigenvalue weighted by Crippen LogP contribution is 2.33. The van der Waals surface area contributed by atoms with Crippen LogP contribution >= 0.6 is 0 Å². The van der Waals surface area contributed by atoms with Gasteiger partial charge < -0.3 is 19.5 Å². The van der Waals surface area contributed by atoms with Gasteiger partial charge in [0.1, 0.15) is 11.6 Å². The summed E-state index contributed by atoms with van der Waals surface area (Å²) in [5.41, 5.74) is 1.58. The Hall–Kier alpha value is -3.79. The van der Waals surface area contributed by atoms with Crippen molar-refractivity contribution >= 4 is 18.0 Å². The molecule has 0 saturated carbocycles. The van der Waals surface area contributed by atoms with Crippen molar-refractivity contribution in [2.45, 2.75) is 12.8 Å². The van der Waals surface area contributed by atoms with E-state index in [0.29, 0.717) is 23.6 Å². The molecule has 0 aromatic heterocycles. The summed E-state index contributed by atoms with van der Waals surface area (Å²) in [6.45, 7) is 0.170. The fourth-order valence-corrected chi connectivity index (χ4v) is 2.73. The Morgan fingerprint density at radius 2 is 1.93 bits per heavy atom. The van der Waals surface area contributed by atoms with Crippen LogP contribution in [0.5, 0.6) is 11.5 Å². The second kappa shape index (κ2) is 9.95. The smallest absolute Gasteiger partial charge is 0.349 e. The van der Waals surface area contributed by atoms with E-state index in [0.717, 1.165) is 12.8 Å². The fourth-order valence-electron chi connectivity index (χ4n) is 2.73. The van der Waals surface area contributed by atoms with Crippen LogP contribution in [0.15, 0.2) is 54.1 Å². The molecule has 2 aromatic carbocycles. The number of fused-ring (bicyclic) bond motifs is 1. The molecule has 0 unspecified atom stereocenters. The van der Waals surface area contributed by atoms with Crippen LogP contribution in [0.1, 0.15) is 17.5 Å². The fraction of sp³-hybridized carbons (Fsp3) is 0.227. The Kier molecular flexibility index (Phi) is 6.85. The normalized spacial score (nSPS) is 12.2. The van der Waals surface area contributed by atoms with Crippen LogP contribution in [-0.2, 0) is 20.7 Å². The number of nitrogens with zero attached hydrogens (tertiary/aromatic N) is 1. The summed E-state index contributed by atoms with van der Waals surface area (Å²) in [7, 11) is 0. The number of nitriles is 1. The van der Waals surface area contributed by atoms with Crippen LogP contribution in [0, 0.1) is 11.3 Å². The first-order chi connectivity index (χ1) is 14.2. The molecule has 0 bridgehead atoms. The summed E-state index contributed by atoms with van der Waals surface area (Å²) in [5.74, 6) is -0.122. The second-order valence-corrected chi connectivity index (χ2v) is 6.30. The molecule has 1 heterocycles. The number of carbonyl (C=O) groups excluding carboxylic acids is 2. The molecular weight excluding hydrogens is 372 g/mol. The van der Waals surface area contributed by atoms with Gasteiger partial charge in [-0.2, -0.15) is 5.26 Å². The van der Waals surface area contributed by atoms with Crippen molar-refractivity contribution < 1.29 is 23.8 Å². The van der Waals surface area contributed by atoms with Crippen LogP contribution in [-0.4, -0.2) is 31.8 Å². The zero-order valence-corrected chi connectivity index (χ0v) is 15.7. The number of esters is 1. The van der Waals surface area contributed by atoms with Gasteiger partial charge in [0.05, 0.1) is 0 Å². The lowest BCUT2D eigenvalue weighted by Gasteiger charge is -2.06. The minimum absolute atomic E-state index is 0.135. The lowest BCUT2D eigenvalue weighted by Crippen LogP contribution is -2.30. The van der Waals surface area contributed by atoms with Crippen LogP contribution in [0.2, 0.25) is 0 Å². The lowest BCUT2D eigenvalue weighted by atomic mass is 10.1. The summed E-state index contributed by atoms with van der Waals surface area (Å²) < 4.78 is 15.4. The highest BCUT2D eigenvalue weighted by molar-refractivity contribution is 5.98. The number of hydrogen-bond acceptors (Lipinski definition) is 6. The van der Waals surface area contributed by atoms with E-state index in [1.807, 2.05) is 30.3 Å². The summed E-state index contributed by atoms with van der Waals surface area (Å²) in [4.78, 5) is 23.9. The molecule has 7 nitrogen and oxygen atoms in total. The Balaban J connectivity index is 1.43. The molecule has 0 saturated heterocycles. The minimum Gasteiger partial charge on any atom is -0.454 e. The molecule has 1 amide bonds. The standard InChI is InChI=1S/C22H20N2O5/c23-13-18(11-17-8-9-19-20(12-17)29-15-28-19)22(26)27-14-21(25)24-10-4-7-16-5-2-1-3-6-16/h1-3,5-6,8-9,11-12H,4,7,10,14-15H2,(H,24,25)/b18-11-. The third-order valence-corrected chi connectivity index (χ3v) is 4.19. The largest absolute Gasteiger partial charge is 0.454 e. The summed E-state index contributed by atoms with van der Waals surface area (Å²) in [6.07, 6.45) is 3.00. The van der Waals surface area contributed by atoms with Crippen LogP contribution in [0.25, 0.3) is 6.08 Å². The topological polar surface area (TPSA) is 97.7 Å². The van der Waals surface area contributed by atoms with Gasteiger partial charge in [0.15, 0.2) is 18.1 Å². The molecule has 148 valence electrons. The zero-order chi connectivity index (χ0) is 20.5. The van der Waals surface area contributed by atoms with Crippen molar-refractivity contribution in [3.05, 3.63) is 65.2 Å². The lowest BCUT2D eigenvalue weighted by molar-refractivity contribution is -0.144. The van der Waals surface area contributed by atoms with Crippen molar-refractivity contribution in [3.8, 4) is 17.6 Å². The van der Waals surface area contributed by atoms with Crippen molar-refractivity contribution in [3.63, 3.8) is 0 Å². The molecule has 1 aliphatic heterocycles. The monoisotopic (exact) mass is 392 g/mol.